The molecule has 0 bridgehead atoms. The first-order valence-corrected chi connectivity index (χ1v) is 5.79. The van der Waals surface area contributed by atoms with Crippen LogP contribution in [0, 0.1) is 5.82 Å². The number of pyridine rings is 2. The molecule has 0 radical (unpaired) electrons. The summed E-state index contributed by atoms with van der Waals surface area (Å²) in [5.41, 5.74) is 2.03. The molecular formula is C13H12FN5. The molecule has 0 saturated carbocycles. The number of H-pyrrole nitrogens is 1. The second-order valence-electron chi connectivity index (χ2n) is 4.38. The van der Waals surface area contributed by atoms with Crippen LogP contribution in [0.3, 0.4) is 0 Å². The fraction of sp³-hybridized carbons (Fsp3) is 0.154. The van der Waals surface area contributed by atoms with Crippen molar-refractivity contribution >= 4 is 17.0 Å². The van der Waals surface area contributed by atoms with Crippen molar-refractivity contribution in [2.75, 3.05) is 19.0 Å². The molecular weight excluding hydrogens is 245 g/mol. The third-order valence-corrected chi connectivity index (χ3v) is 2.76. The zero-order valence-electron chi connectivity index (χ0n) is 10.6. The molecule has 0 aliphatic carbocycles. The van der Waals surface area contributed by atoms with Gasteiger partial charge in [0.1, 0.15) is 17.3 Å². The van der Waals surface area contributed by atoms with Gasteiger partial charge in [0.05, 0.1) is 11.7 Å². The number of anilines is 1. The Bertz CT molecular complexity index is 717. The van der Waals surface area contributed by atoms with E-state index < -0.39 is 0 Å². The molecule has 0 fully saturated rings. The molecule has 1 N–H and O–H groups in total. The van der Waals surface area contributed by atoms with Crippen molar-refractivity contribution < 1.29 is 4.39 Å². The van der Waals surface area contributed by atoms with Crippen molar-refractivity contribution in [1.82, 2.24) is 19.9 Å². The molecule has 6 heteroatoms. The van der Waals surface area contributed by atoms with Gasteiger partial charge in [0.25, 0.3) is 0 Å². The Morgan fingerprint density at radius 1 is 1.11 bits per heavy atom. The highest BCUT2D eigenvalue weighted by atomic mass is 19.1. The molecule has 96 valence electrons. The molecule has 0 atom stereocenters. The summed E-state index contributed by atoms with van der Waals surface area (Å²) >= 11 is 0. The van der Waals surface area contributed by atoms with Gasteiger partial charge in [0, 0.05) is 14.1 Å². The van der Waals surface area contributed by atoms with E-state index in [-0.39, 0.29) is 5.82 Å². The largest absolute Gasteiger partial charge is 0.363 e. The molecule has 0 saturated heterocycles. The minimum Gasteiger partial charge on any atom is -0.363 e. The fourth-order valence-corrected chi connectivity index (χ4v) is 1.77. The Balaban J connectivity index is 2.08. The summed E-state index contributed by atoms with van der Waals surface area (Å²) in [5, 5.41) is 0. The van der Waals surface area contributed by atoms with Gasteiger partial charge in [-0.15, -0.1) is 0 Å². The van der Waals surface area contributed by atoms with Crippen LogP contribution in [-0.4, -0.2) is 34.0 Å². The molecule has 0 aliphatic rings. The maximum Gasteiger partial charge on any atom is 0.180 e. The average Bonchev–Trinajstić information content (AvgIpc) is 2.82. The van der Waals surface area contributed by atoms with Crippen LogP contribution in [0.4, 0.5) is 10.2 Å². The van der Waals surface area contributed by atoms with Crippen LogP contribution in [0.5, 0.6) is 0 Å². The Kier molecular flexibility index (Phi) is 2.63. The lowest BCUT2D eigenvalue weighted by molar-refractivity contribution is 0.621. The number of rotatable bonds is 2. The Morgan fingerprint density at radius 2 is 1.95 bits per heavy atom. The topological polar surface area (TPSA) is 57.7 Å². The number of aromatic amines is 1. The van der Waals surface area contributed by atoms with E-state index in [0.29, 0.717) is 17.2 Å². The third kappa shape index (κ3) is 2.12. The van der Waals surface area contributed by atoms with E-state index in [1.807, 2.05) is 31.1 Å². The lowest BCUT2D eigenvalue weighted by Crippen LogP contribution is -2.10. The number of hydrogen-bond donors (Lipinski definition) is 1. The summed E-state index contributed by atoms with van der Waals surface area (Å²) in [7, 11) is 3.84. The van der Waals surface area contributed by atoms with Crippen molar-refractivity contribution in [1.29, 1.82) is 0 Å². The number of fused-ring (bicyclic) bond motifs is 1. The minimum absolute atomic E-state index is 0.368. The molecule has 3 aromatic rings. The van der Waals surface area contributed by atoms with Crippen molar-refractivity contribution in [3.8, 4) is 11.5 Å². The van der Waals surface area contributed by atoms with Gasteiger partial charge in [0.15, 0.2) is 11.5 Å². The Morgan fingerprint density at radius 3 is 2.63 bits per heavy atom. The normalized spacial score (nSPS) is 10.9. The third-order valence-electron chi connectivity index (χ3n) is 2.76. The van der Waals surface area contributed by atoms with E-state index in [0.717, 1.165) is 11.3 Å². The van der Waals surface area contributed by atoms with Crippen molar-refractivity contribution in [3.63, 3.8) is 0 Å². The van der Waals surface area contributed by atoms with Crippen LogP contribution in [0.1, 0.15) is 0 Å². The average molecular weight is 257 g/mol. The molecule has 3 heterocycles. The van der Waals surface area contributed by atoms with Crippen LogP contribution in [0.25, 0.3) is 22.7 Å². The zero-order chi connectivity index (χ0) is 13.4. The minimum atomic E-state index is -0.368. The van der Waals surface area contributed by atoms with E-state index in [1.54, 1.807) is 6.07 Å². The maximum absolute atomic E-state index is 12.8. The van der Waals surface area contributed by atoms with Gasteiger partial charge in [-0.2, -0.15) is 0 Å². The van der Waals surface area contributed by atoms with Gasteiger partial charge < -0.3 is 9.88 Å². The predicted molar refractivity (Wildman–Crippen MR) is 71.4 cm³/mol. The smallest absolute Gasteiger partial charge is 0.180 e. The molecule has 3 aromatic heterocycles. The van der Waals surface area contributed by atoms with Gasteiger partial charge in [-0.1, -0.05) is 0 Å². The highest BCUT2D eigenvalue weighted by Gasteiger charge is 2.08. The van der Waals surface area contributed by atoms with E-state index in [9.17, 15) is 4.39 Å². The van der Waals surface area contributed by atoms with E-state index in [1.165, 1.54) is 12.3 Å². The molecule has 0 aliphatic heterocycles. The maximum atomic E-state index is 12.8. The van der Waals surface area contributed by atoms with Crippen LogP contribution < -0.4 is 4.90 Å². The SMILES string of the molecule is CN(C)c1ccc2[nH]c(-c3ccc(F)cn3)nc2n1. The molecule has 0 unspecified atom stereocenters. The number of nitrogens with one attached hydrogen (secondary N) is 1. The first-order chi connectivity index (χ1) is 9.13. The summed E-state index contributed by atoms with van der Waals surface area (Å²) < 4.78 is 12.8. The Hall–Kier alpha value is -2.50. The van der Waals surface area contributed by atoms with Crippen molar-refractivity contribution in [2.45, 2.75) is 0 Å². The standard InChI is InChI=1S/C13H12FN5/c1-19(2)11-6-5-10-13(17-11)18-12(16-10)9-4-3-8(14)7-15-9/h3-7H,1-2H3,(H,16,17,18). The van der Waals surface area contributed by atoms with Crippen molar-refractivity contribution in [3.05, 3.63) is 36.3 Å². The first-order valence-electron chi connectivity index (χ1n) is 5.79. The summed E-state index contributed by atoms with van der Waals surface area (Å²) in [6.07, 6.45) is 1.17. The quantitative estimate of drug-likeness (QED) is 0.764. The molecule has 0 amide bonds. The first kappa shape index (κ1) is 11.6. The van der Waals surface area contributed by atoms with Gasteiger partial charge in [-0.25, -0.2) is 19.3 Å². The Labute approximate surface area is 109 Å². The fourth-order valence-electron chi connectivity index (χ4n) is 1.77. The molecule has 19 heavy (non-hydrogen) atoms. The lowest BCUT2D eigenvalue weighted by atomic mass is 10.3. The van der Waals surface area contributed by atoms with E-state index in [2.05, 4.69) is 19.9 Å². The molecule has 0 aromatic carbocycles. The monoisotopic (exact) mass is 257 g/mol. The van der Waals surface area contributed by atoms with Gasteiger partial charge in [-0.3, -0.25) is 0 Å². The lowest BCUT2D eigenvalue weighted by Gasteiger charge is -2.09. The summed E-state index contributed by atoms with van der Waals surface area (Å²) in [6, 6.07) is 6.76. The second-order valence-corrected chi connectivity index (χ2v) is 4.38. The predicted octanol–water partition coefficient (Wildman–Crippen LogP) is 2.22. The number of nitrogens with zero attached hydrogens (tertiary/aromatic N) is 4. The number of hydrogen-bond acceptors (Lipinski definition) is 4. The van der Waals surface area contributed by atoms with Gasteiger partial charge in [-0.05, 0) is 24.3 Å². The highest BCUT2D eigenvalue weighted by molar-refractivity contribution is 5.76. The number of aromatic nitrogens is 4. The van der Waals surface area contributed by atoms with Gasteiger partial charge >= 0.3 is 0 Å². The van der Waals surface area contributed by atoms with Crippen LogP contribution in [-0.2, 0) is 0 Å². The number of halogens is 1. The van der Waals surface area contributed by atoms with E-state index >= 15 is 0 Å². The molecule has 0 spiro atoms. The number of imidazole rings is 1. The van der Waals surface area contributed by atoms with Crippen molar-refractivity contribution in [2.24, 2.45) is 0 Å². The molecule has 5 nitrogen and oxygen atoms in total. The van der Waals surface area contributed by atoms with Crippen LogP contribution in [0.15, 0.2) is 30.5 Å². The summed E-state index contributed by atoms with van der Waals surface area (Å²) in [4.78, 5) is 17.8. The van der Waals surface area contributed by atoms with Crippen LogP contribution >= 0.6 is 0 Å². The zero-order valence-corrected chi connectivity index (χ0v) is 10.6. The summed E-state index contributed by atoms with van der Waals surface area (Å²) in [5.74, 6) is 1.05. The summed E-state index contributed by atoms with van der Waals surface area (Å²) in [6.45, 7) is 0. The highest BCUT2D eigenvalue weighted by Crippen LogP contribution is 2.19. The second kappa shape index (κ2) is 4.31. The van der Waals surface area contributed by atoms with Gasteiger partial charge in [0.2, 0.25) is 0 Å². The van der Waals surface area contributed by atoms with Crippen LogP contribution in [0.2, 0.25) is 0 Å². The molecule has 3 rings (SSSR count). The van der Waals surface area contributed by atoms with E-state index in [4.69, 9.17) is 0 Å².